The van der Waals surface area contributed by atoms with Crippen LogP contribution in [0.15, 0.2) is 102 Å². The van der Waals surface area contributed by atoms with E-state index in [2.05, 4.69) is 10.6 Å². The quantitative estimate of drug-likeness (QED) is 0.110. The molecular weight excluding hydrogens is 610 g/mol. The molecule has 10 heteroatoms. The summed E-state index contributed by atoms with van der Waals surface area (Å²) >= 11 is 25.8. The zero-order valence-electron chi connectivity index (χ0n) is 20.6. The highest BCUT2D eigenvalue weighted by atomic mass is 35.5. The molecule has 2 amide bonds. The predicted molar refractivity (Wildman–Crippen MR) is 165 cm³/mol. The molecule has 0 aliphatic rings. The molecule has 0 atom stereocenters. The Labute approximate surface area is 255 Å². The van der Waals surface area contributed by atoms with Gasteiger partial charge in [0.2, 0.25) is 0 Å². The molecule has 202 valence electrons. The SMILES string of the molecule is O=C(Nc1cccc(SCC(=O)c2ccc(Cl)cc2Cl)c1)/C(=C/c1cccc(Cl)c1Cl)NC(=O)c1ccccc1. The van der Waals surface area contributed by atoms with Crippen LogP contribution >= 0.6 is 58.2 Å². The van der Waals surface area contributed by atoms with Crippen LogP contribution in [0.4, 0.5) is 5.69 Å². The number of benzene rings is 4. The summed E-state index contributed by atoms with van der Waals surface area (Å²) in [5.41, 5.74) is 1.64. The maximum absolute atomic E-state index is 13.4. The van der Waals surface area contributed by atoms with Crippen LogP contribution in [0.1, 0.15) is 26.3 Å². The first kappa shape index (κ1) is 29.7. The average Bonchev–Trinajstić information content (AvgIpc) is 2.94. The molecule has 0 fully saturated rings. The highest BCUT2D eigenvalue weighted by Gasteiger charge is 2.17. The molecule has 0 bridgehead atoms. The van der Waals surface area contributed by atoms with Crippen molar-refractivity contribution < 1.29 is 14.4 Å². The molecule has 0 aromatic heterocycles. The van der Waals surface area contributed by atoms with Crippen molar-refractivity contribution in [3.63, 3.8) is 0 Å². The summed E-state index contributed by atoms with van der Waals surface area (Å²) in [5, 5.41) is 6.75. The van der Waals surface area contributed by atoms with Gasteiger partial charge in [0.15, 0.2) is 5.78 Å². The Balaban J connectivity index is 1.52. The lowest BCUT2D eigenvalue weighted by Crippen LogP contribution is -2.30. The van der Waals surface area contributed by atoms with Crippen LogP contribution in [0.25, 0.3) is 6.08 Å². The lowest BCUT2D eigenvalue weighted by atomic mass is 10.1. The minimum atomic E-state index is -0.577. The molecule has 4 aromatic carbocycles. The molecule has 4 rings (SSSR count). The largest absolute Gasteiger partial charge is 0.321 e. The Morgan fingerprint density at radius 1 is 0.775 bits per heavy atom. The van der Waals surface area contributed by atoms with Crippen LogP contribution in [0.3, 0.4) is 0 Å². The van der Waals surface area contributed by atoms with E-state index in [0.717, 1.165) is 4.90 Å². The summed E-state index contributed by atoms with van der Waals surface area (Å²) in [7, 11) is 0. The van der Waals surface area contributed by atoms with Gasteiger partial charge in [-0.2, -0.15) is 0 Å². The molecule has 0 aliphatic heterocycles. The Kier molecular flexibility index (Phi) is 10.3. The third-order valence-electron chi connectivity index (χ3n) is 5.50. The normalized spacial score (nSPS) is 11.2. The summed E-state index contributed by atoms with van der Waals surface area (Å²) in [4.78, 5) is 39.6. The van der Waals surface area contributed by atoms with Crippen LogP contribution < -0.4 is 10.6 Å². The highest BCUT2D eigenvalue weighted by Crippen LogP contribution is 2.28. The van der Waals surface area contributed by atoms with Gasteiger partial charge in [0.1, 0.15) is 5.70 Å². The van der Waals surface area contributed by atoms with E-state index in [4.69, 9.17) is 46.4 Å². The standard InChI is InChI=1S/C30H20Cl4N2O3S/c31-20-12-13-23(25(33)15-20)27(37)17-40-22-10-5-9-21(16-22)35-30(39)26(14-19-8-4-11-24(32)28(19)34)36-29(38)18-6-2-1-3-7-18/h1-16H,17H2,(H,35,39)(H,36,38)/b26-14-. The second-order valence-corrected chi connectivity index (χ2v) is 11.0. The number of hydrogen-bond acceptors (Lipinski definition) is 4. The molecule has 2 N–H and O–H groups in total. The highest BCUT2D eigenvalue weighted by molar-refractivity contribution is 8.00. The minimum Gasteiger partial charge on any atom is -0.321 e. The number of ketones is 1. The fraction of sp³-hybridized carbons (Fsp3) is 0.0333. The van der Waals surface area contributed by atoms with Gasteiger partial charge >= 0.3 is 0 Å². The molecule has 0 saturated heterocycles. The molecule has 0 heterocycles. The topological polar surface area (TPSA) is 75.3 Å². The first-order chi connectivity index (χ1) is 19.2. The van der Waals surface area contributed by atoms with E-state index in [-0.39, 0.29) is 27.3 Å². The van der Waals surface area contributed by atoms with Crippen molar-refractivity contribution in [2.75, 3.05) is 11.1 Å². The van der Waals surface area contributed by atoms with E-state index in [0.29, 0.717) is 32.4 Å². The maximum Gasteiger partial charge on any atom is 0.272 e. The van der Waals surface area contributed by atoms with E-state index < -0.39 is 11.8 Å². The average molecular weight is 630 g/mol. The third-order valence-corrected chi connectivity index (χ3v) is 7.88. The van der Waals surface area contributed by atoms with Gasteiger partial charge in [-0.3, -0.25) is 14.4 Å². The van der Waals surface area contributed by atoms with Crippen molar-refractivity contribution in [1.29, 1.82) is 0 Å². The lowest BCUT2D eigenvalue weighted by molar-refractivity contribution is -0.113. The summed E-state index contributed by atoms with van der Waals surface area (Å²) in [6.45, 7) is 0. The van der Waals surface area contributed by atoms with Gasteiger partial charge in [0, 0.05) is 26.7 Å². The van der Waals surface area contributed by atoms with Gasteiger partial charge in [-0.15, -0.1) is 11.8 Å². The third kappa shape index (κ3) is 7.90. The molecule has 0 aliphatic carbocycles. The van der Waals surface area contributed by atoms with Crippen LogP contribution in [-0.2, 0) is 4.79 Å². The Hall–Kier alpha value is -3.26. The number of rotatable bonds is 9. The van der Waals surface area contributed by atoms with Gasteiger partial charge in [-0.05, 0) is 66.2 Å². The Bertz CT molecular complexity index is 1610. The number of anilines is 1. The van der Waals surface area contributed by atoms with Crippen LogP contribution in [-0.4, -0.2) is 23.4 Å². The fourth-order valence-electron chi connectivity index (χ4n) is 3.53. The molecule has 0 unspecified atom stereocenters. The number of amides is 2. The summed E-state index contributed by atoms with van der Waals surface area (Å²) in [6.07, 6.45) is 1.46. The van der Waals surface area contributed by atoms with Crippen LogP contribution in [0.5, 0.6) is 0 Å². The van der Waals surface area contributed by atoms with Crippen LogP contribution in [0, 0.1) is 0 Å². The van der Waals surface area contributed by atoms with E-state index >= 15 is 0 Å². The number of nitrogens with one attached hydrogen (secondary N) is 2. The minimum absolute atomic E-state index is 0.0383. The monoisotopic (exact) mass is 628 g/mol. The van der Waals surface area contributed by atoms with E-state index in [1.807, 2.05) is 6.07 Å². The van der Waals surface area contributed by atoms with E-state index in [9.17, 15) is 14.4 Å². The van der Waals surface area contributed by atoms with Gasteiger partial charge in [0.25, 0.3) is 11.8 Å². The number of Topliss-reactive ketones (excluding diaryl/α,β-unsaturated/α-hetero) is 1. The molecule has 5 nitrogen and oxygen atoms in total. The predicted octanol–water partition coefficient (Wildman–Crippen LogP) is 8.68. The molecule has 4 aromatic rings. The molecule has 0 saturated carbocycles. The van der Waals surface area contributed by atoms with Gasteiger partial charge in [-0.25, -0.2) is 0 Å². The molecular formula is C30H20Cl4N2O3S. The zero-order valence-corrected chi connectivity index (χ0v) is 24.4. The first-order valence-electron chi connectivity index (χ1n) is 11.8. The molecule has 0 radical (unpaired) electrons. The van der Waals surface area contributed by atoms with Gasteiger partial charge in [0.05, 0.1) is 20.8 Å². The number of thioether (sulfide) groups is 1. The van der Waals surface area contributed by atoms with Gasteiger partial charge < -0.3 is 10.6 Å². The fourth-order valence-corrected chi connectivity index (χ4v) is 5.25. The summed E-state index contributed by atoms with van der Waals surface area (Å²) in [6, 6.07) is 25.2. The second-order valence-electron chi connectivity index (χ2n) is 8.34. The van der Waals surface area contributed by atoms with Crippen molar-refractivity contribution in [2.45, 2.75) is 4.90 Å². The smallest absolute Gasteiger partial charge is 0.272 e. The maximum atomic E-state index is 13.4. The number of carbonyl (C=O) groups is 3. The number of hydrogen-bond donors (Lipinski definition) is 2. The Morgan fingerprint density at radius 3 is 2.27 bits per heavy atom. The first-order valence-corrected chi connectivity index (χ1v) is 14.3. The van der Waals surface area contributed by atoms with Crippen molar-refractivity contribution in [3.05, 3.63) is 133 Å². The van der Waals surface area contributed by atoms with Crippen LogP contribution in [0.2, 0.25) is 20.1 Å². The molecule has 0 spiro atoms. The van der Waals surface area contributed by atoms with Crippen molar-refractivity contribution in [3.8, 4) is 0 Å². The lowest BCUT2D eigenvalue weighted by Gasteiger charge is -2.13. The number of halogens is 4. The second kappa shape index (κ2) is 13.9. The van der Waals surface area contributed by atoms with Crippen molar-refractivity contribution in [2.24, 2.45) is 0 Å². The van der Waals surface area contributed by atoms with E-state index in [1.165, 1.54) is 23.9 Å². The summed E-state index contributed by atoms with van der Waals surface area (Å²) < 4.78 is 0. The Morgan fingerprint density at radius 2 is 1.52 bits per heavy atom. The zero-order chi connectivity index (χ0) is 28.6. The van der Waals surface area contributed by atoms with Crippen molar-refractivity contribution in [1.82, 2.24) is 5.32 Å². The molecule has 40 heavy (non-hydrogen) atoms. The number of carbonyl (C=O) groups excluding carboxylic acids is 3. The summed E-state index contributed by atoms with van der Waals surface area (Å²) in [5.74, 6) is -1.08. The van der Waals surface area contributed by atoms with E-state index in [1.54, 1.807) is 78.9 Å². The van der Waals surface area contributed by atoms with Gasteiger partial charge in [-0.1, -0.05) is 82.8 Å². The van der Waals surface area contributed by atoms with Crippen molar-refractivity contribution >= 4 is 87.5 Å².